The average molecular weight is 466 g/mol. The Morgan fingerprint density at radius 1 is 1.06 bits per heavy atom. The van der Waals surface area contributed by atoms with Crippen molar-refractivity contribution in [3.05, 3.63) is 71.3 Å². The summed E-state index contributed by atoms with van der Waals surface area (Å²) in [7, 11) is -2.89. The summed E-state index contributed by atoms with van der Waals surface area (Å²) in [5.74, 6) is 5.25. The molecule has 33 heavy (non-hydrogen) atoms. The topological polar surface area (TPSA) is 80.8 Å². The van der Waals surface area contributed by atoms with Gasteiger partial charge in [0.25, 0.3) is 16.0 Å². The summed E-state index contributed by atoms with van der Waals surface area (Å²) < 4.78 is 30.8. The second-order valence-corrected chi connectivity index (χ2v) is 11.0. The van der Waals surface area contributed by atoms with Crippen LogP contribution in [0.2, 0.25) is 0 Å². The monoisotopic (exact) mass is 465 g/mol. The number of hydrogen-bond acceptors (Lipinski definition) is 5. The Labute approximate surface area is 195 Å². The molecule has 2 aromatic carbocycles. The lowest BCUT2D eigenvalue weighted by Crippen LogP contribution is -2.44. The highest BCUT2D eigenvalue weighted by molar-refractivity contribution is 7.86. The molecule has 2 aliphatic carbocycles. The van der Waals surface area contributed by atoms with Gasteiger partial charge in [-0.2, -0.15) is 8.42 Å². The standard InChI is InChI=1S/C26H27NO5S/c1-25(2)22-15-16-26(25,23(28)17-22)18-33(30,31)32-27(3)24(29)21-13-11-20(12-14-21)10-9-19-7-5-4-6-8-19/h4-8,11-14,22H,15-18H2,1-3H3. The molecule has 0 heterocycles. The minimum atomic E-state index is -4.15. The molecule has 0 aliphatic heterocycles. The van der Waals surface area contributed by atoms with Crippen LogP contribution in [0, 0.1) is 28.6 Å². The highest BCUT2D eigenvalue weighted by Gasteiger charge is 2.65. The first-order valence-electron chi connectivity index (χ1n) is 10.9. The molecule has 7 heteroatoms. The second-order valence-electron chi connectivity index (χ2n) is 9.44. The van der Waals surface area contributed by atoms with E-state index in [1.54, 1.807) is 24.3 Å². The maximum Gasteiger partial charge on any atom is 0.289 e. The summed E-state index contributed by atoms with van der Waals surface area (Å²) >= 11 is 0. The normalized spacial score (nSPS) is 23.1. The Morgan fingerprint density at radius 2 is 1.67 bits per heavy atom. The van der Waals surface area contributed by atoms with E-state index < -0.39 is 32.6 Å². The number of hydroxylamine groups is 2. The maximum absolute atomic E-state index is 12.8. The van der Waals surface area contributed by atoms with Gasteiger partial charge in [0.15, 0.2) is 0 Å². The van der Waals surface area contributed by atoms with E-state index in [0.717, 1.165) is 22.6 Å². The summed E-state index contributed by atoms with van der Waals surface area (Å²) in [4.78, 5) is 25.4. The first-order chi connectivity index (χ1) is 15.5. The molecule has 0 spiro atoms. The van der Waals surface area contributed by atoms with E-state index in [4.69, 9.17) is 4.28 Å². The van der Waals surface area contributed by atoms with Crippen LogP contribution < -0.4 is 0 Å². The second kappa shape index (κ2) is 8.44. The van der Waals surface area contributed by atoms with E-state index in [1.807, 2.05) is 44.2 Å². The molecule has 2 saturated carbocycles. The Morgan fingerprint density at radius 3 is 2.21 bits per heavy atom. The zero-order valence-electron chi connectivity index (χ0n) is 19.0. The Kier molecular flexibility index (Phi) is 5.94. The van der Waals surface area contributed by atoms with E-state index in [1.165, 1.54) is 7.05 Å². The molecule has 2 aliphatic rings. The highest BCUT2D eigenvalue weighted by Crippen LogP contribution is 2.64. The molecule has 4 rings (SSSR count). The summed E-state index contributed by atoms with van der Waals surface area (Å²) in [6.45, 7) is 3.92. The van der Waals surface area contributed by atoms with Crippen LogP contribution in [0.5, 0.6) is 0 Å². The van der Waals surface area contributed by atoms with Crippen molar-refractivity contribution in [2.45, 2.75) is 33.1 Å². The van der Waals surface area contributed by atoms with Gasteiger partial charge < -0.3 is 0 Å². The third-order valence-electron chi connectivity index (χ3n) is 7.33. The van der Waals surface area contributed by atoms with Gasteiger partial charge in [0.1, 0.15) is 5.78 Å². The smallest absolute Gasteiger partial charge is 0.289 e. The van der Waals surface area contributed by atoms with E-state index >= 15 is 0 Å². The number of benzene rings is 2. The van der Waals surface area contributed by atoms with Gasteiger partial charge in [-0.15, -0.1) is 4.28 Å². The molecular weight excluding hydrogens is 438 g/mol. The number of ketones is 1. The van der Waals surface area contributed by atoms with Crippen LogP contribution >= 0.6 is 0 Å². The molecule has 2 atom stereocenters. The fourth-order valence-electron chi connectivity index (χ4n) is 5.18. The van der Waals surface area contributed by atoms with Gasteiger partial charge in [-0.1, -0.05) is 43.9 Å². The lowest BCUT2D eigenvalue weighted by atomic mass is 9.70. The molecular formula is C26H27NO5S. The van der Waals surface area contributed by atoms with E-state index in [2.05, 4.69) is 11.8 Å². The molecule has 2 unspecified atom stereocenters. The maximum atomic E-state index is 12.8. The molecule has 0 radical (unpaired) electrons. The van der Waals surface area contributed by atoms with Gasteiger partial charge >= 0.3 is 0 Å². The predicted octanol–water partition coefficient (Wildman–Crippen LogP) is 3.82. The van der Waals surface area contributed by atoms with Crippen LogP contribution in [-0.2, 0) is 19.2 Å². The van der Waals surface area contributed by atoms with Crippen molar-refractivity contribution in [1.82, 2.24) is 5.06 Å². The fraction of sp³-hybridized carbons (Fsp3) is 0.385. The third kappa shape index (κ3) is 4.33. The van der Waals surface area contributed by atoms with Crippen molar-refractivity contribution in [2.75, 3.05) is 12.8 Å². The summed E-state index contributed by atoms with van der Waals surface area (Å²) in [6.07, 6.45) is 1.79. The predicted molar refractivity (Wildman–Crippen MR) is 124 cm³/mol. The van der Waals surface area contributed by atoms with Gasteiger partial charge in [0.2, 0.25) is 0 Å². The zero-order chi connectivity index (χ0) is 23.9. The van der Waals surface area contributed by atoms with Crippen LogP contribution in [0.1, 0.15) is 54.6 Å². The Bertz CT molecular complexity index is 1240. The molecule has 2 aromatic rings. The first kappa shape index (κ1) is 23.2. The van der Waals surface area contributed by atoms with E-state index in [9.17, 15) is 18.0 Å². The Balaban J connectivity index is 1.43. The van der Waals surface area contributed by atoms with Gasteiger partial charge in [-0.25, -0.2) is 5.06 Å². The minimum Gasteiger partial charge on any atom is -0.299 e. The number of amides is 1. The van der Waals surface area contributed by atoms with E-state index in [-0.39, 0.29) is 17.3 Å². The van der Waals surface area contributed by atoms with Gasteiger partial charge in [0, 0.05) is 30.2 Å². The van der Waals surface area contributed by atoms with Crippen LogP contribution in [0.15, 0.2) is 54.6 Å². The molecule has 2 bridgehead atoms. The van der Waals surface area contributed by atoms with Crippen molar-refractivity contribution >= 4 is 21.8 Å². The molecule has 0 saturated heterocycles. The average Bonchev–Trinajstić information content (AvgIpc) is 3.12. The number of carbonyl (C=O) groups is 2. The van der Waals surface area contributed by atoms with Crippen LogP contribution in [0.25, 0.3) is 0 Å². The molecule has 0 N–H and O–H groups in total. The summed E-state index contributed by atoms with van der Waals surface area (Å²) in [5.41, 5.74) is 0.532. The Hall–Kier alpha value is -2.95. The molecule has 172 valence electrons. The van der Waals surface area contributed by atoms with Crippen LogP contribution in [-0.4, -0.2) is 38.0 Å². The minimum absolute atomic E-state index is 0.0166. The van der Waals surface area contributed by atoms with E-state index in [0.29, 0.717) is 12.8 Å². The van der Waals surface area contributed by atoms with Crippen molar-refractivity contribution in [3.8, 4) is 11.8 Å². The molecule has 6 nitrogen and oxygen atoms in total. The number of carbonyl (C=O) groups excluding carboxylic acids is 2. The largest absolute Gasteiger partial charge is 0.299 e. The van der Waals surface area contributed by atoms with Crippen molar-refractivity contribution < 1.29 is 22.3 Å². The number of nitrogens with zero attached hydrogens (tertiary/aromatic N) is 1. The summed E-state index contributed by atoms with van der Waals surface area (Å²) in [5, 5.41) is 0.718. The van der Waals surface area contributed by atoms with Crippen molar-refractivity contribution in [2.24, 2.45) is 16.7 Å². The number of hydrogen-bond donors (Lipinski definition) is 0. The van der Waals surface area contributed by atoms with Crippen LogP contribution in [0.4, 0.5) is 0 Å². The molecule has 2 fully saturated rings. The number of Topliss-reactive ketones (excluding diaryl/α,β-unsaturated/α-hetero) is 1. The summed E-state index contributed by atoms with van der Waals surface area (Å²) in [6, 6.07) is 16.1. The third-order valence-corrected chi connectivity index (χ3v) is 8.63. The van der Waals surface area contributed by atoms with Gasteiger partial charge in [-0.05, 0) is 60.6 Å². The number of fused-ring (bicyclic) bond motifs is 2. The molecule has 1 amide bonds. The number of rotatable bonds is 5. The first-order valence-corrected chi connectivity index (χ1v) is 12.5. The lowest BCUT2D eigenvalue weighted by molar-refractivity contribution is -0.128. The fourth-order valence-corrected chi connectivity index (χ4v) is 6.93. The molecule has 0 aromatic heterocycles. The van der Waals surface area contributed by atoms with Crippen molar-refractivity contribution in [3.63, 3.8) is 0 Å². The SMILES string of the molecule is CN(OS(=O)(=O)CC12CCC(CC1=O)C2(C)C)C(=O)c1ccc(C#Cc2ccccc2)cc1. The zero-order valence-corrected chi connectivity index (χ0v) is 19.8. The van der Waals surface area contributed by atoms with Crippen LogP contribution in [0.3, 0.4) is 0 Å². The van der Waals surface area contributed by atoms with Crippen molar-refractivity contribution in [1.29, 1.82) is 0 Å². The lowest BCUT2D eigenvalue weighted by Gasteiger charge is -2.36. The van der Waals surface area contributed by atoms with Gasteiger partial charge in [-0.3, -0.25) is 9.59 Å². The quantitative estimate of drug-likeness (QED) is 0.495. The highest BCUT2D eigenvalue weighted by atomic mass is 32.2. The van der Waals surface area contributed by atoms with Gasteiger partial charge in [0.05, 0.1) is 11.2 Å².